The van der Waals surface area contributed by atoms with E-state index in [2.05, 4.69) is 186 Å². The average molecular weight is 640 g/mol. The van der Waals surface area contributed by atoms with Crippen molar-refractivity contribution in [2.75, 3.05) is 4.90 Å². The second-order valence-electron chi connectivity index (χ2n) is 13.0. The molecular formula is C47H33N3. The number of fused-ring (bicyclic) bond motifs is 4. The van der Waals surface area contributed by atoms with E-state index in [9.17, 15) is 0 Å². The third-order valence-electron chi connectivity index (χ3n) is 10.3. The molecule has 50 heavy (non-hydrogen) atoms. The van der Waals surface area contributed by atoms with E-state index in [1.807, 2.05) is 0 Å². The van der Waals surface area contributed by atoms with Gasteiger partial charge in [0.2, 0.25) is 0 Å². The predicted molar refractivity (Wildman–Crippen MR) is 210 cm³/mol. The van der Waals surface area contributed by atoms with E-state index >= 15 is 0 Å². The van der Waals surface area contributed by atoms with Crippen LogP contribution in [0.2, 0.25) is 0 Å². The van der Waals surface area contributed by atoms with Crippen LogP contribution in [0.3, 0.4) is 0 Å². The summed E-state index contributed by atoms with van der Waals surface area (Å²) in [5.41, 5.74) is 14.2. The average Bonchev–Trinajstić information content (AvgIpc) is 3.58. The first-order chi connectivity index (χ1) is 24.8. The molecule has 0 spiro atoms. The molecule has 8 aromatic carbocycles. The van der Waals surface area contributed by atoms with Crippen LogP contribution < -0.4 is 4.90 Å². The van der Waals surface area contributed by atoms with Crippen LogP contribution in [0.1, 0.15) is 12.7 Å². The summed E-state index contributed by atoms with van der Waals surface area (Å²) in [6.07, 6.45) is 0.850. The Kier molecular flexibility index (Phi) is 6.47. The van der Waals surface area contributed by atoms with E-state index in [0.29, 0.717) is 0 Å². The van der Waals surface area contributed by atoms with Crippen LogP contribution in [0.15, 0.2) is 170 Å². The molecule has 0 saturated carbocycles. The van der Waals surface area contributed by atoms with Crippen LogP contribution in [-0.4, -0.2) is 9.55 Å². The normalized spacial score (nSPS) is 12.1. The number of aryl methyl sites for hydroxylation is 1. The lowest BCUT2D eigenvalue weighted by Gasteiger charge is -2.33. The molecule has 1 aliphatic heterocycles. The molecule has 3 nitrogen and oxygen atoms in total. The van der Waals surface area contributed by atoms with Crippen LogP contribution >= 0.6 is 0 Å². The molecule has 0 unspecified atom stereocenters. The zero-order chi connectivity index (χ0) is 33.2. The largest absolute Gasteiger partial charge is 0.306 e. The number of rotatable bonds is 5. The van der Waals surface area contributed by atoms with Crippen molar-refractivity contribution >= 4 is 49.6 Å². The SMILES string of the molecule is CCc1nc2cccc3c2n1-c1cc(-c2ccc(-c4c5ccccc5c(-c5ccccc5)c5ccccc45)cc2)ccc1N3c1ccccc1. The van der Waals surface area contributed by atoms with Crippen molar-refractivity contribution < 1.29 is 0 Å². The first kappa shape index (κ1) is 28.6. The maximum Gasteiger partial charge on any atom is 0.114 e. The molecule has 0 amide bonds. The highest BCUT2D eigenvalue weighted by molar-refractivity contribution is 6.21. The van der Waals surface area contributed by atoms with Gasteiger partial charge in [-0.1, -0.05) is 140 Å². The van der Waals surface area contributed by atoms with Gasteiger partial charge in [0.05, 0.1) is 28.1 Å². The summed E-state index contributed by atoms with van der Waals surface area (Å²) in [5.74, 6) is 1.08. The Morgan fingerprint density at radius 3 is 1.60 bits per heavy atom. The summed E-state index contributed by atoms with van der Waals surface area (Å²) >= 11 is 0. The standard InChI is InChI=1S/C47H33N3/c1-2-44-48-40-22-13-23-42-47(40)50(44)43-30-34(28-29-41(43)49(42)35-16-7-4-8-17-35)31-24-26-33(27-25-31)46-38-20-11-9-18-36(38)45(32-14-5-3-6-15-32)37-19-10-12-21-39(37)46/h3-30H,2H2,1H3. The monoisotopic (exact) mass is 639 g/mol. The summed E-state index contributed by atoms with van der Waals surface area (Å²) in [7, 11) is 0. The zero-order valence-electron chi connectivity index (χ0n) is 27.7. The van der Waals surface area contributed by atoms with Crippen LogP contribution in [0.4, 0.5) is 17.1 Å². The van der Waals surface area contributed by atoms with E-state index < -0.39 is 0 Å². The van der Waals surface area contributed by atoms with Crippen molar-refractivity contribution in [3.8, 4) is 39.1 Å². The van der Waals surface area contributed by atoms with Gasteiger partial charge in [0.15, 0.2) is 0 Å². The Labute approximate surface area is 291 Å². The Hall–Kier alpha value is -6.45. The molecular weight excluding hydrogens is 607 g/mol. The Morgan fingerprint density at radius 2 is 0.980 bits per heavy atom. The lowest BCUT2D eigenvalue weighted by Crippen LogP contribution is -2.19. The number of imidazole rings is 1. The van der Waals surface area contributed by atoms with Gasteiger partial charge in [0, 0.05) is 12.1 Å². The van der Waals surface area contributed by atoms with Gasteiger partial charge in [0.1, 0.15) is 5.82 Å². The van der Waals surface area contributed by atoms with Gasteiger partial charge in [-0.15, -0.1) is 0 Å². The molecule has 1 aliphatic rings. The first-order valence-corrected chi connectivity index (χ1v) is 17.4. The molecule has 0 saturated heterocycles. The molecule has 0 aliphatic carbocycles. The third kappa shape index (κ3) is 4.27. The Bertz CT molecular complexity index is 2670. The summed E-state index contributed by atoms with van der Waals surface area (Å²) < 4.78 is 2.38. The topological polar surface area (TPSA) is 21.1 Å². The van der Waals surface area contributed by atoms with Crippen molar-refractivity contribution in [2.45, 2.75) is 13.3 Å². The van der Waals surface area contributed by atoms with Crippen molar-refractivity contribution in [1.82, 2.24) is 9.55 Å². The van der Waals surface area contributed by atoms with E-state index in [-0.39, 0.29) is 0 Å². The van der Waals surface area contributed by atoms with E-state index in [1.165, 1.54) is 54.9 Å². The number of para-hydroxylation sites is 2. The van der Waals surface area contributed by atoms with Gasteiger partial charge in [-0.25, -0.2) is 4.98 Å². The van der Waals surface area contributed by atoms with E-state index in [1.54, 1.807) is 0 Å². The first-order valence-electron chi connectivity index (χ1n) is 17.4. The predicted octanol–water partition coefficient (Wildman–Crippen LogP) is 12.7. The minimum Gasteiger partial charge on any atom is -0.306 e. The summed E-state index contributed by atoms with van der Waals surface area (Å²) in [4.78, 5) is 7.46. The quantitative estimate of drug-likeness (QED) is 0.175. The molecule has 0 N–H and O–H groups in total. The summed E-state index contributed by atoms with van der Waals surface area (Å²) in [6.45, 7) is 2.19. The number of nitrogens with zero attached hydrogens (tertiary/aromatic N) is 3. The molecule has 0 bridgehead atoms. The molecule has 3 heteroatoms. The summed E-state index contributed by atoms with van der Waals surface area (Å²) in [5, 5.41) is 5.07. The minimum atomic E-state index is 0.850. The fourth-order valence-corrected chi connectivity index (χ4v) is 8.07. The highest BCUT2D eigenvalue weighted by atomic mass is 15.2. The fourth-order valence-electron chi connectivity index (χ4n) is 8.07. The smallest absolute Gasteiger partial charge is 0.114 e. The van der Waals surface area contributed by atoms with Crippen molar-refractivity contribution in [2.24, 2.45) is 0 Å². The van der Waals surface area contributed by atoms with Crippen LogP contribution in [0.25, 0.3) is 71.6 Å². The number of anilines is 3. The van der Waals surface area contributed by atoms with Crippen molar-refractivity contribution in [1.29, 1.82) is 0 Å². The zero-order valence-corrected chi connectivity index (χ0v) is 27.7. The second kappa shape index (κ2) is 11.3. The van der Waals surface area contributed by atoms with Crippen molar-refractivity contribution in [3.05, 3.63) is 176 Å². The Morgan fingerprint density at radius 1 is 0.440 bits per heavy atom. The van der Waals surface area contributed by atoms with Gasteiger partial charge in [-0.05, 0) is 91.3 Å². The molecule has 9 aromatic rings. The van der Waals surface area contributed by atoms with Gasteiger partial charge in [-0.3, -0.25) is 4.57 Å². The van der Waals surface area contributed by atoms with Crippen LogP contribution in [0.5, 0.6) is 0 Å². The molecule has 2 heterocycles. The number of aromatic nitrogens is 2. The molecule has 1 aromatic heterocycles. The third-order valence-corrected chi connectivity index (χ3v) is 10.3. The van der Waals surface area contributed by atoms with Gasteiger partial charge >= 0.3 is 0 Å². The molecule has 236 valence electrons. The lowest BCUT2D eigenvalue weighted by atomic mass is 9.86. The maximum atomic E-state index is 5.09. The van der Waals surface area contributed by atoms with Crippen molar-refractivity contribution in [3.63, 3.8) is 0 Å². The fraction of sp³-hybridized carbons (Fsp3) is 0.0426. The minimum absolute atomic E-state index is 0.850. The number of benzene rings is 8. The highest BCUT2D eigenvalue weighted by Gasteiger charge is 2.29. The maximum absolute atomic E-state index is 5.09. The highest BCUT2D eigenvalue weighted by Crippen LogP contribution is 2.48. The Balaban J connectivity index is 1.13. The number of hydrogen-bond donors (Lipinski definition) is 0. The molecule has 0 fully saturated rings. The second-order valence-corrected chi connectivity index (χ2v) is 13.0. The lowest BCUT2D eigenvalue weighted by molar-refractivity contribution is 0.900. The number of hydrogen-bond acceptors (Lipinski definition) is 2. The van der Waals surface area contributed by atoms with Gasteiger partial charge in [-0.2, -0.15) is 0 Å². The molecule has 10 rings (SSSR count). The van der Waals surface area contributed by atoms with E-state index in [4.69, 9.17) is 4.98 Å². The summed E-state index contributed by atoms with van der Waals surface area (Å²) in [6, 6.07) is 61.6. The van der Waals surface area contributed by atoms with Gasteiger partial charge in [0.25, 0.3) is 0 Å². The molecule has 0 radical (unpaired) electrons. The van der Waals surface area contributed by atoms with Crippen LogP contribution in [-0.2, 0) is 6.42 Å². The van der Waals surface area contributed by atoms with Crippen LogP contribution in [0, 0.1) is 0 Å². The van der Waals surface area contributed by atoms with E-state index in [0.717, 1.165) is 46.0 Å². The molecule has 0 atom stereocenters. The van der Waals surface area contributed by atoms with Gasteiger partial charge < -0.3 is 4.90 Å².